The number of sulfonamides is 1. The maximum atomic E-state index is 12.9. The van der Waals surface area contributed by atoms with E-state index < -0.39 is 10.0 Å². The molecule has 0 spiro atoms. The molecular weight excluding hydrogens is 352 g/mol. The molecular formula is C18H24N4O3S. The lowest BCUT2D eigenvalue weighted by atomic mass is 9.97. The first-order valence-electron chi connectivity index (χ1n) is 8.65. The van der Waals surface area contributed by atoms with Crippen LogP contribution in [-0.4, -0.2) is 41.5 Å². The molecule has 1 aromatic heterocycles. The van der Waals surface area contributed by atoms with Crippen LogP contribution in [0.2, 0.25) is 0 Å². The van der Waals surface area contributed by atoms with Crippen molar-refractivity contribution >= 4 is 21.7 Å². The van der Waals surface area contributed by atoms with Crippen LogP contribution in [0.15, 0.2) is 35.4 Å². The molecule has 0 bridgehead atoms. The number of hydrogen-bond donors (Lipinski definition) is 1. The van der Waals surface area contributed by atoms with Gasteiger partial charge >= 0.3 is 0 Å². The van der Waals surface area contributed by atoms with Crippen molar-refractivity contribution in [2.45, 2.75) is 31.6 Å². The first kappa shape index (κ1) is 18.6. The molecule has 0 radical (unpaired) electrons. The summed E-state index contributed by atoms with van der Waals surface area (Å²) in [5.41, 5.74) is 1.78. The van der Waals surface area contributed by atoms with Gasteiger partial charge in [-0.1, -0.05) is 17.7 Å². The molecule has 0 unspecified atom stereocenters. The van der Waals surface area contributed by atoms with E-state index in [0.29, 0.717) is 36.6 Å². The van der Waals surface area contributed by atoms with Gasteiger partial charge in [0, 0.05) is 38.3 Å². The van der Waals surface area contributed by atoms with Crippen LogP contribution in [-0.2, 0) is 21.9 Å². The second kappa shape index (κ2) is 7.20. The van der Waals surface area contributed by atoms with Crippen LogP contribution in [0.1, 0.15) is 24.0 Å². The lowest BCUT2D eigenvalue weighted by Gasteiger charge is -2.30. The monoisotopic (exact) mass is 376 g/mol. The third-order valence-electron chi connectivity index (χ3n) is 4.74. The summed E-state index contributed by atoms with van der Waals surface area (Å²) in [7, 11) is -1.74. The minimum Gasteiger partial charge on any atom is -0.309 e. The highest BCUT2D eigenvalue weighted by Gasteiger charge is 2.32. The predicted octanol–water partition coefficient (Wildman–Crippen LogP) is 2.08. The zero-order valence-electron chi connectivity index (χ0n) is 15.3. The molecule has 1 amide bonds. The van der Waals surface area contributed by atoms with Crippen molar-refractivity contribution in [2.75, 3.05) is 18.4 Å². The lowest BCUT2D eigenvalue weighted by Crippen LogP contribution is -2.41. The summed E-state index contributed by atoms with van der Waals surface area (Å²) in [6.07, 6.45) is 2.76. The summed E-state index contributed by atoms with van der Waals surface area (Å²) in [5, 5.41) is 6.93. The Morgan fingerprint density at radius 1 is 1.19 bits per heavy atom. The molecule has 26 heavy (non-hydrogen) atoms. The second-order valence-corrected chi connectivity index (χ2v) is 8.72. The van der Waals surface area contributed by atoms with Crippen molar-refractivity contribution in [2.24, 2.45) is 13.0 Å². The number of nitrogens with one attached hydrogen (secondary N) is 1. The summed E-state index contributed by atoms with van der Waals surface area (Å²) in [4.78, 5) is 12.7. The Kier molecular flexibility index (Phi) is 5.15. The third-order valence-corrected chi connectivity index (χ3v) is 6.80. The molecule has 3 rings (SSSR count). The molecule has 140 valence electrons. The van der Waals surface area contributed by atoms with E-state index in [0.717, 1.165) is 11.1 Å². The van der Waals surface area contributed by atoms with E-state index >= 15 is 0 Å². The zero-order chi connectivity index (χ0) is 18.9. The molecule has 1 aliphatic heterocycles. The number of amides is 1. The van der Waals surface area contributed by atoms with E-state index in [1.807, 2.05) is 26.0 Å². The van der Waals surface area contributed by atoms with Crippen LogP contribution in [0, 0.1) is 19.8 Å². The van der Waals surface area contributed by atoms with Gasteiger partial charge in [0.2, 0.25) is 15.9 Å². The highest BCUT2D eigenvalue weighted by molar-refractivity contribution is 7.89. The van der Waals surface area contributed by atoms with Gasteiger partial charge in [-0.25, -0.2) is 8.42 Å². The minimum atomic E-state index is -3.53. The van der Waals surface area contributed by atoms with Crippen molar-refractivity contribution in [3.63, 3.8) is 0 Å². The molecule has 2 aromatic rings. The van der Waals surface area contributed by atoms with E-state index in [2.05, 4.69) is 10.4 Å². The number of anilines is 1. The molecule has 8 heteroatoms. The van der Waals surface area contributed by atoms with Crippen LogP contribution in [0.4, 0.5) is 5.82 Å². The number of carbonyl (C=O) groups excluding carboxylic acids is 1. The van der Waals surface area contributed by atoms with E-state index in [1.54, 1.807) is 30.1 Å². The summed E-state index contributed by atoms with van der Waals surface area (Å²) in [5.74, 6) is 0.206. The van der Waals surface area contributed by atoms with Crippen molar-refractivity contribution in [3.8, 4) is 0 Å². The smallest absolute Gasteiger partial charge is 0.243 e. The van der Waals surface area contributed by atoms with Crippen LogP contribution in [0.25, 0.3) is 0 Å². The SMILES string of the molecule is Cc1ccc(S(=O)(=O)N2CCC(C(=O)Nc3ccn(C)n3)CC2)c(C)c1. The first-order chi connectivity index (χ1) is 12.3. The van der Waals surface area contributed by atoms with Gasteiger partial charge in [0.25, 0.3) is 0 Å². The topological polar surface area (TPSA) is 84.3 Å². The normalized spacial score (nSPS) is 16.6. The number of piperidine rings is 1. The van der Waals surface area contributed by atoms with Gasteiger partial charge in [-0.2, -0.15) is 9.40 Å². The molecule has 0 atom stereocenters. The third kappa shape index (κ3) is 3.81. The highest BCUT2D eigenvalue weighted by Crippen LogP contribution is 2.26. The van der Waals surface area contributed by atoms with Crippen LogP contribution in [0.5, 0.6) is 0 Å². The van der Waals surface area contributed by atoms with Gasteiger partial charge in [-0.3, -0.25) is 9.48 Å². The van der Waals surface area contributed by atoms with E-state index in [-0.39, 0.29) is 11.8 Å². The fraction of sp³-hybridized carbons (Fsp3) is 0.444. The average molecular weight is 376 g/mol. The maximum Gasteiger partial charge on any atom is 0.243 e. The van der Waals surface area contributed by atoms with Crippen LogP contribution < -0.4 is 5.32 Å². The number of aryl methyl sites for hydroxylation is 3. The van der Waals surface area contributed by atoms with E-state index in [4.69, 9.17) is 0 Å². The molecule has 2 heterocycles. The number of nitrogens with zero attached hydrogens (tertiary/aromatic N) is 3. The Balaban J connectivity index is 1.65. The molecule has 0 aliphatic carbocycles. The predicted molar refractivity (Wildman–Crippen MR) is 99.2 cm³/mol. The fourth-order valence-electron chi connectivity index (χ4n) is 3.30. The molecule has 0 saturated carbocycles. The molecule has 1 saturated heterocycles. The van der Waals surface area contributed by atoms with Gasteiger partial charge in [0.15, 0.2) is 5.82 Å². The number of carbonyl (C=O) groups is 1. The van der Waals surface area contributed by atoms with Crippen LogP contribution in [0.3, 0.4) is 0 Å². The standard InChI is InChI=1S/C18H24N4O3S/c1-13-4-5-16(14(2)12-13)26(24,25)22-10-6-15(7-11-22)18(23)19-17-8-9-21(3)20-17/h4-5,8-9,12,15H,6-7,10-11H2,1-3H3,(H,19,20,23). The largest absolute Gasteiger partial charge is 0.309 e. The summed E-state index contributed by atoms with van der Waals surface area (Å²) >= 11 is 0. The number of aromatic nitrogens is 2. The Morgan fingerprint density at radius 3 is 2.46 bits per heavy atom. The quantitative estimate of drug-likeness (QED) is 0.885. The van der Waals surface area contributed by atoms with E-state index in [9.17, 15) is 13.2 Å². The second-order valence-electron chi connectivity index (χ2n) is 6.81. The Bertz CT molecular complexity index is 912. The Labute approximate surface area is 154 Å². The summed E-state index contributed by atoms with van der Waals surface area (Å²) in [6, 6.07) is 7.09. The number of hydrogen-bond acceptors (Lipinski definition) is 4. The number of rotatable bonds is 4. The molecule has 7 nitrogen and oxygen atoms in total. The highest BCUT2D eigenvalue weighted by atomic mass is 32.2. The molecule has 1 fully saturated rings. The van der Waals surface area contributed by atoms with Crippen molar-refractivity contribution in [1.29, 1.82) is 0 Å². The van der Waals surface area contributed by atoms with Crippen molar-refractivity contribution in [3.05, 3.63) is 41.6 Å². The maximum absolute atomic E-state index is 12.9. The Hall–Kier alpha value is -2.19. The van der Waals surface area contributed by atoms with Gasteiger partial charge in [-0.05, 0) is 38.3 Å². The first-order valence-corrected chi connectivity index (χ1v) is 10.1. The average Bonchev–Trinajstić information content (AvgIpc) is 2.99. The van der Waals surface area contributed by atoms with Crippen LogP contribution >= 0.6 is 0 Å². The summed E-state index contributed by atoms with van der Waals surface area (Å²) in [6.45, 7) is 4.44. The van der Waals surface area contributed by atoms with Gasteiger partial charge in [0.1, 0.15) is 0 Å². The zero-order valence-corrected chi connectivity index (χ0v) is 16.1. The molecule has 1 aliphatic rings. The van der Waals surface area contributed by atoms with Gasteiger partial charge < -0.3 is 5.32 Å². The lowest BCUT2D eigenvalue weighted by molar-refractivity contribution is -0.120. The van der Waals surface area contributed by atoms with E-state index in [1.165, 1.54) is 4.31 Å². The summed E-state index contributed by atoms with van der Waals surface area (Å²) < 4.78 is 28.9. The Morgan fingerprint density at radius 2 is 1.88 bits per heavy atom. The van der Waals surface area contributed by atoms with Gasteiger partial charge in [-0.15, -0.1) is 0 Å². The number of benzene rings is 1. The van der Waals surface area contributed by atoms with Crippen molar-refractivity contribution in [1.82, 2.24) is 14.1 Å². The van der Waals surface area contributed by atoms with Crippen molar-refractivity contribution < 1.29 is 13.2 Å². The van der Waals surface area contributed by atoms with Gasteiger partial charge in [0.05, 0.1) is 4.90 Å². The minimum absolute atomic E-state index is 0.104. The molecule has 1 aromatic carbocycles. The fourth-order valence-corrected chi connectivity index (χ4v) is 4.97. The molecule has 1 N–H and O–H groups in total.